The summed E-state index contributed by atoms with van der Waals surface area (Å²) in [6.07, 6.45) is 8.31. The molecule has 40 heavy (non-hydrogen) atoms. The van der Waals surface area contributed by atoms with Crippen molar-refractivity contribution < 1.29 is 0 Å². The van der Waals surface area contributed by atoms with Crippen molar-refractivity contribution in [2.75, 3.05) is 12.3 Å². The fourth-order valence-electron chi connectivity index (χ4n) is 5.53. The third kappa shape index (κ3) is 7.20. The Morgan fingerprint density at radius 1 is 1.00 bits per heavy atom. The third-order valence-corrected chi connectivity index (χ3v) is 7.61. The van der Waals surface area contributed by atoms with Gasteiger partial charge in [0, 0.05) is 44.3 Å². The largest absolute Gasteiger partial charge is 0.397 e. The maximum Gasteiger partial charge on any atom is 0.0855 e. The first-order chi connectivity index (χ1) is 19.6. The molecule has 0 saturated heterocycles. The number of fused-ring (bicyclic) bond motifs is 1. The van der Waals surface area contributed by atoms with E-state index in [1.54, 1.807) is 0 Å². The summed E-state index contributed by atoms with van der Waals surface area (Å²) in [5.74, 6) is 0. The molecule has 0 saturated carbocycles. The molecule has 6 nitrogen and oxygen atoms in total. The second-order valence-corrected chi connectivity index (χ2v) is 10.6. The van der Waals surface area contributed by atoms with E-state index in [1.807, 2.05) is 36.7 Å². The number of para-hydroxylation sites is 2. The van der Waals surface area contributed by atoms with Crippen LogP contribution in [0.2, 0.25) is 0 Å². The van der Waals surface area contributed by atoms with Gasteiger partial charge in [-0.25, -0.2) is 0 Å². The lowest BCUT2D eigenvalue weighted by atomic mass is 9.90. The molecular formula is C34H40N6. The van der Waals surface area contributed by atoms with Gasteiger partial charge in [0.2, 0.25) is 0 Å². The molecule has 2 heterocycles. The molecule has 2 aromatic heterocycles. The molecule has 1 unspecified atom stereocenters. The zero-order chi connectivity index (χ0) is 27.7. The van der Waals surface area contributed by atoms with Gasteiger partial charge in [0.05, 0.1) is 28.8 Å². The van der Waals surface area contributed by atoms with Crippen LogP contribution in [-0.4, -0.2) is 27.6 Å². The fraction of sp³-hybridized carbons (Fsp3) is 0.324. The molecule has 0 aliphatic heterocycles. The van der Waals surface area contributed by atoms with E-state index in [0.29, 0.717) is 5.69 Å². The van der Waals surface area contributed by atoms with Crippen LogP contribution in [0.3, 0.4) is 0 Å². The molecule has 3 N–H and O–H groups in total. The Kier molecular flexibility index (Phi) is 9.32. The van der Waals surface area contributed by atoms with E-state index in [2.05, 4.69) is 77.6 Å². The Morgan fingerprint density at radius 2 is 1.82 bits per heavy atom. The van der Waals surface area contributed by atoms with E-state index in [1.165, 1.54) is 34.4 Å². The first-order valence-corrected chi connectivity index (χ1v) is 14.4. The highest BCUT2D eigenvalue weighted by atomic mass is 15.2. The van der Waals surface area contributed by atoms with Gasteiger partial charge >= 0.3 is 0 Å². The first-order valence-electron chi connectivity index (χ1n) is 14.4. The SMILES string of the molecule is CCc1cc(C)nc(CNCc2ccc(CN(CC=Nc3ccccc3N)C3CCCc4cccnc43)cc2)c1. The van der Waals surface area contributed by atoms with E-state index in [4.69, 9.17) is 15.7 Å². The van der Waals surface area contributed by atoms with Crippen molar-refractivity contribution in [3.63, 3.8) is 0 Å². The standard InChI is InChI=1S/C34H40N6/c1-3-26-20-25(2)39-30(21-26)23-36-22-27-13-15-28(16-14-27)24-40(19-18-37-32-11-5-4-10-31(32)35)33-12-6-8-29-9-7-17-38-34(29)33/h4-5,7,9-11,13-18,20-21,33,36H,3,6,8,12,19,22-24,35H2,1-2H3. The predicted octanol–water partition coefficient (Wildman–Crippen LogP) is 6.50. The lowest BCUT2D eigenvalue weighted by Crippen LogP contribution is -2.33. The minimum atomic E-state index is 0.265. The van der Waals surface area contributed by atoms with E-state index in [-0.39, 0.29) is 6.04 Å². The summed E-state index contributed by atoms with van der Waals surface area (Å²) in [5.41, 5.74) is 16.3. The Labute approximate surface area is 238 Å². The van der Waals surface area contributed by atoms with Crippen LogP contribution >= 0.6 is 0 Å². The molecule has 0 bridgehead atoms. The Bertz CT molecular complexity index is 1430. The van der Waals surface area contributed by atoms with Gasteiger partial charge < -0.3 is 11.1 Å². The van der Waals surface area contributed by atoms with Gasteiger partial charge in [-0.05, 0) is 85.2 Å². The maximum absolute atomic E-state index is 6.12. The van der Waals surface area contributed by atoms with Crippen molar-refractivity contribution >= 4 is 17.6 Å². The van der Waals surface area contributed by atoms with Gasteiger partial charge in [-0.3, -0.25) is 19.9 Å². The van der Waals surface area contributed by atoms with Gasteiger partial charge in [-0.1, -0.05) is 49.4 Å². The van der Waals surface area contributed by atoms with Gasteiger partial charge in [-0.15, -0.1) is 0 Å². The van der Waals surface area contributed by atoms with Crippen molar-refractivity contribution in [3.05, 3.63) is 118 Å². The number of aliphatic imine (C=N–C) groups is 1. The average molecular weight is 533 g/mol. The van der Waals surface area contributed by atoms with Crippen molar-refractivity contribution in [2.24, 2.45) is 4.99 Å². The first kappa shape index (κ1) is 27.7. The number of rotatable bonds is 11. The van der Waals surface area contributed by atoms with Crippen LogP contribution < -0.4 is 11.1 Å². The number of nitrogens with two attached hydrogens (primary N) is 1. The summed E-state index contributed by atoms with van der Waals surface area (Å²) < 4.78 is 0. The van der Waals surface area contributed by atoms with Crippen LogP contribution in [0.1, 0.15) is 65.1 Å². The number of nitrogens with zero attached hydrogens (tertiary/aromatic N) is 4. The highest BCUT2D eigenvalue weighted by Crippen LogP contribution is 2.33. The van der Waals surface area contributed by atoms with Crippen LogP contribution in [0, 0.1) is 6.92 Å². The molecule has 4 aromatic rings. The Balaban J connectivity index is 1.26. The fourth-order valence-corrected chi connectivity index (χ4v) is 5.53. The Morgan fingerprint density at radius 3 is 2.65 bits per heavy atom. The van der Waals surface area contributed by atoms with Crippen molar-refractivity contribution in [3.8, 4) is 0 Å². The van der Waals surface area contributed by atoms with Crippen LogP contribution in [0.25, 0.3) is 0 Å². The lowest BCUT2D eigenvalue weighted by molar-refractivity contribution is 0.193. The second kappa shape index (κ2) is 13.5. The summed E-state index contributed by atoms with van der Waals surface area (Å²) in [4.78, 5) is 16.7. The van der Waals surface area contributed by atoms with Crippen molar-refractivity contribution in [1.29, 1.82) is 0 Å². The average Bonchev–Trinajstić information content (AvgIpc) is 2.98. The molecule has 2 aromatic carbocycles. The highest BCUT2D eigenvalue weighted by Gasteiger charge is 2.26. The molecule has 206 valence electrons. The monoisotopic (exact) mass is 532 g/mol. The van der Waals surface area contributed by atoms with Gasteiger partial charge in [-0.2, -0.15) is 0 Å². The number of hydrogen-bond acceptors (Lipinski definition) is 6. The smallest absolute Gasteiger partial charge is 0.0855 e. The summed E-state index contributed by atoms with van der Waals surface area (Å²) in [6.45, 7) is 7.38. The Hall–Kier alpha value is -3.87. The molecule has 6 heteroatoms. The highest BCUT2D eigenvalue weighted by molar-refractivity contribution is 5.71. The molecule has 0 radical (unpaired) electrons. The summed E-state index contributed by atoms with van der Waals surface area (Å²) in [5, 5.41) is 3.56. The number of aromatic nitrogens is 2. The second-order valence-electron chi connectivity index (χ2n) is 10.6. The summed E-state index contributed by atoms with van der Waals surface area (Å²) >= 11 is 0. The molecule has 1 aliphatic rings. The van der Waals surface area contributed by atoms with Crippen molar-refractivity contribution in [1.82, 2.24) is 20.2 Å². The summed E-state index contributed by atoms with van der Waals surface area (Å²) in [6, 6.07) is 25.6. The molecule has 0 fully saturated rings. The van der Waals surface area contributed by atoms with Crippen LogP contribution in [0.5, 0.6) is 0 Å². The number of nitrogens with one attached hydrogen (secondary N) is 1. The number of anilines is 1. The number of pyridine rings is 2. The molecule has 0 amide bonds. The van der Waals surface area contributed by atoms with E-state index >= 15 is 0 Å². The van der Waals surface area contributed by atoms with Crippen LogP contribution in [0.4, 0.5) is 11.4 Å². The summed E-state index contributed by atoms with van der Waals surface area (Å²) in [7, 11) is 0. The quantitative estimate of drug-likeness (QED) is 0.170. The zero-order valence-electron chi connectivity index (χ0n) is 23.7. The molecular weight excluding hydrogens is 492 g/mol. The van der Waals surface area contributed by atoms with Crippen molar-refractivity contribution in [2.45, 2.75) is 65.2 Å². The number of hydrogen-bond donors (Lipinski definition) is 2. The van der Waals surface area contributed by atoms with Crippen LogP contribution in [0.15, 0.2) is 84.0 Å². The van der Waals surface area contributed by atoms with Crippen LogP contribution in [-0.2, 0) is 32.5 Å². The molecule has 0 spiro atoms. The minimum Gasteiger partial charge on any atom is -0.397 e. The normalized spacial score (nSPS) is 15.0. The van der Waals surface area contributed by atoms with E-state index in [0.717, 1.165) is 62.5 Å². The maximum atomic E-state index is 6.12. The minimum absolute atomic E-state index is 0.265. The topological polar surface area (TPSA) is 79.4 Å². The predicted molar refractivity (Wildman–Crippen MR) is 165 cm³/mol. The van der Waals surface area contributed by atoms with E-state index < -0.39 is 0 Å². The van der Waals surface area contributed by atoms with Gasteiger partial charge in [0.1, 0.15) is 0 Å². The van der Waals surface area contributed by atoms with E-state index in [9.17, 15) is 0 Å². The third-order valence-electron chi connectivity index (χ3n) is 7.61. The number of aryl methyl sites for hydroxylation is 3. The molecule has 1 atom stereocenters. The van der Waals surface area contributed by atoms with Gasteiger partial charge in [0.25, 0.3) is 0 Å². The van der Waals surface area contributed by atoms with Gasteiger partial charge in [0.15, 0.2) is 0 Å². The molecule has 1 aliphatic carbocycles. The number of benzene rings is 2. The zero-order valence-corrected chi connectivity index (χ0v) is 23.7. The molecule has 5 rings (SSSR count). The number of nitrogen functional groups attached to an aromatic ring is 1. The lowest BCUT2D eigenvalue weighted by Gasteiger charge is -2.34.